The first-order valence-corrected chi connectivity index (χ1v) is 10.4. The molecular weight excluding hydrogens is 374 g/mol. The van der Waals surface area contributed by atoms with Crippen molar-refractivity contribution in [2.45, 2.75) is 39.5 Å². The number of unbranched alkanes of at least 4 members (excludes halogenated alkanes) is 1. The van der Waals surface area contributed by atoms with Gasteiger partial charge in [-0.05, 0) is 13.3 Å². The second-order valence-electron chi connectivity index (χ2n) is 6.08. The Hall–Kier alpha value is -0.377. The van der Waals surface area contributed by atoms with Gasteiger partial charge in [-0.1, -0.05) is 39.2 Å². The SMILES string of the molecule is CCCCC1=CC[C-]=C1C.CP(C)c1cc2ccccc2[cH-]1.[Zr+2]. The number of allylic oxidation sites excluding steroid dienone is 4. The van der Waals surface area contributed by atoms with Crippen molar-refractivity contribution < 1.29 is 26.2 Å². The molecule has 1 aliphatic carbocycles. The summed E-state index contributed by atoms with van der Waals surface area (Å²) in [6, 6.07) is 13.2. The normalized spacial score (nSPS) is 13.3. The van der Waals surface area contributed by atoms with Gasteiger partial charge in [-0.3, -0.25) is 6.08 Å². The van der Waals surface area contributed by atoms with Crippen LogP contribution in [0.25, 0.3) is 10.8 Å². The minimum atomic E-state index is 0. The molecule has 0 radical (unpaired) electrons. The maximum atomic E-state index is 3.30. The molecule has 0 heterocycles. The standard InChI is InChI=1S/C11H12P.C10H15.Zr/c1-12(2)11-7-9-5-3-4-6-10(9)8-11;1-3-4-7-10-8-5-6-9(10)2;/h3-8H,1-2H3;8H,3-5,7H2,1-2H3;/q2*-1;+2. The van der Waals surface area contributed by atoms with E-state index in [1.54, 1.807) is 0 Å². The van der Waals surface area contributed by atoms with Crippen molar-refractivity contribution in [2.24, 2.45) is 0 Å². The number of hydrogen-bond donors (Lipinski definition) is 0. The third kappa shape index (κ3) is 6.21. The molecule has 0 saturated carbocycles. The first kappa shape index (κ1) is 20.7. The van der Waals surface area contributed by atoms with Crippen LogP contribution in [0.15, 0.2) is 53.6 Å². The van der Waals surface area contributed by atoms with Crippen LogP contribution in [0.5, 0.6) is 0 Å². The molecule has 0 atom stereocenters. The van der Waals surface area contributed by atoms with Crippen molar-refractivity contribution in [3.05, 3.63) is 59.7 Å². The second-order valence-corrected chi connectivity index (χ2v) is 8.38. The Labute approximate surface area is 162 Å². The molecule has 0 spiro atoms. The minimum absolute atomic E-state index is 0. The monoisotopic (exact) mass is 400 g/mol. The number of rotatable bonds is 4. The summed E-state index contributed by atoms with van der Waals surface area (Å²) in [6.07, 6.45) is 10.5. The minimum Gasteiger partial charge on any atom is -0.269 e. The van der Waals surface area contributed by atoms with Gasteiger partial charge in [0.2, 0.25) is 0 Å². The molecule has 3 rings (SSSR count). The van der Waals surface area contributed by atoms with E-state index in [0.717, 1.165) is 6.42 Å². The zero-order valence-corrected chi connectivity index (χ0v) is 18.2. The Morgan fingerprint density at radius 2 is 1.96 bits per heavy atom. The Bertz CT molecular complexity index is 628. The van der Waals surface area contributed by atoms with Crippen molar-refractivity contribution in [1.29, 1.82) is 0 Å². The number of benzene rings is 1. The number of hydrogen-bond acceptors (Lipinski definition) is 0. The van der Waals surface area contributed by atoms with E-state index in [-0.39, 0.29) is 34.1 Å². The van der Waals surface area contributed by atoms with E-state index in [2.05, 4.69) is 75.7 Å². The molecule has 0 N–H and O–H groups in total. The summed E-state index contributed by atoms with van der Waals surface area (Å²) in [6.45, 7) is 8.99. The van der Waals surface area contributed by atoms with Gasteiger partial charge >= 0.3 is 26.2 Å². The van der Waals surface area contributed by atoms with Gasteiger partial charge in [-0.15, -0.1) is 54.7 Å². The fourth-order valence-corrected chi connectivity index (χ4v) is 3.44. The summed E-state index contributed by atoms with van der Waals surface area (Å²) < 4.78 is 0. The molecule has 2 aromatic rings. The van der Waals surface area contributed by atoms with Crippen LogP contribution in [0, 0.1) is 6.08 Å². The second kappa shape index (κ2) is 10.5. The summed E-state index contributed by atoms with van der Waals surface area (Å²) in [4.78, 5) is 0. The van der Waals surface area contributed by atoms with Crippen molar-refractivity contribution in [1.82, 2.24) is 0 Å². The van der Waals surface area contributed by atoms with Crippen molar-refractivity contribution in [3.8, 4) is 0 Å². The van der Waals surface area contributed by atoms with E-state index in [0.29, 0.717) is 0 Å². The van der Waals surface area contributed by atoms with Crippen molar-refractivity contribution in [2.75, 3.05) is 13.3 Å². The first-order chi connectivity index (χ1) is 10.6. The molecule has 0 fully saturated rings. The molecule has 0 bridgehead atoms. The average molecular weight is 402 g/mol. The van der Waals surface area contributed by atoms with E-state index >= 15 is 0 Å². The van der Waals surface area contributed by atoms with Crippen molar-refractivity contribution in [3.63, 3.8) is 0 Å². The fourth-order valence-electron chi connectivity index (χ4n) is 2.64. The van der Waals surface area contributed by atoms with Gasteiger partial charge in [0.15, 0.2) is 0 Å². The van der Waals surface area contributed by atoms with Crippen LogP contribution < -0.4 is 5.30 Å². The van der Waals surface area contributed by atoms with Crippen LogP contribution in [0.2, 0.25) is 0 Å². The van der Waals surface area contributed by atoms with E-state index in [1.165, 1.54) is 46.5 Å². The summed E-state index contributed by atoms with van der Waals surface area (Å²) in [5.41, 5.74) is 2.91. The molecule has 0 nitrogen and oxygen atoms in total. The molecular formula is C21H27PZr. The molecule has 2 aromatic carbocycles. The molecule has 23 heavy (non-hydrogen) atoms. The first-order valence-electron chi connectivity index (χ1n) is 8.21. The maximum Gasteiger partial charge on any atom is 2.00 e. The quantitative estimate of drug-likeness (QED) is 0.424. The Balaban J connectivity index is 0.000000224. The fraction of sp³-hybridized carbons (Fsp3) is 0.381. The smallest absolute Gasteiger partial charge is 0.269 e. The summed E-state index contributed by atoms with van der Waals surface area (Å²) >= 11 is 0. The summed E-state index contributed by atoms with van der Waals surface area (Å²) in [5.74, 6) is 0. The molecule has 0 saturated heterocycles. The van der Waals surface area contributed by atoms with Crippen LogP contribution in [0.1, 0.15) is 39.5 Å². The van der Waals surface area contributed by atoms with Gasteiger partial charge in [0.1, 0.15) is 0 Å². The Morgan fingerprint density at radius 1 is 1.22 bits per heavy atom. The molecule has 1 aliphatic rings. The molecule has 0 aliphatic heterocycles. The molecule has 120 valence electrons. The van der Waals surface area contributed by atoms with Crippen molar-refractivity contribution >= 4 is 24.0 Å². The predicted molar refractivity (Wildman–Crippen MR) is 103 cm³/mol. The third-order valence-electron chi connectivity index (χ3n) is 4.12. The molecule has 0 amide bonds. The predicted octanol–water partition coefficient (Wildman–Crippen LogP) is 6.18. The van der Waals surface area contributed by atoms with E-state index in [1.807, 2.05) is 0 Å². The Morgan fingerprint density at radius 3 is 2.52 bits per heavy atom. The van der Waals surface area contributed by atoms with Gasteiger partial charge in [-0.25, -0.2) is 5.57 Å². The van der Waals surface area contributed by atoms with Gasteiger partial charge in [0.25, 0.3) is 0 Å². The zero-order chi connectivity index (χ0) is 15.9. The van der Waals surface area contributed by atoms with E-state index in [9.17, 15) is 0 Å². The maximum absolute atomic E-state index is 3.30. The topological polar surface area (TPSA) is 0 Å². The molecule has 0 aromatic heterocycles. The zero-order valence-electron chi connectivity index (χ0n) is 14.8. The van der Waals surface area contributed by atoms with E-state index in [4.69, 9.17) is 0 Å². The van der Waals surface area contributed by atoms with Crippen LogP contribution >= 0.6 is 7.92 Å². The van der Waals surface area contributed by atoms with Gasteiger partial charge in [-0.2, -0.15) is 17.7 Å². The van der Waals surface area contributed by atoms with Crippen LogP contribution in [0.3, 0.4) is 0 Å². The Kier molecular flexibility index (Phi) is 9.42. The van der Waals surface area contributed by atoms with E-state index < -0.39 is 0 Å². The van der Waals surface area contributed by atoms with Gasteiger partial charge in [0.05, 0.1) is 0 Å². The van der Waals surface area contributed by atoms with Crippen LogP contribution in [0.4, 0.5) is 0 Å². The largest absolute Gasteiger partial charge is 2.00 e. The molecule has 2 heteroatoms. The molecule has 0 unspecified atom stereocenters. The third-order valence-corrected chi connectivity index (χ3v) is 5.41. The van der Waals surface area contributed by atoms with Gasteiger partial charge < -0.3 is 0 Å². The van der Waals surface area contributed by atoms with Crippen LogP contribution in [-0.4, -0.2) is 13.3 Å². The average Bonchev–Trinajstić information content (AvgIpc) is 3.11. The summed E-state index contributed by atoms with van der Waals surface area (Å²) in [5, 5.41) is 4.26. The summed E-state index contributed by atoms with van der Waals surface area (Å²) in [7, 11) is 0.0576. The van der Waals surface area contributed by atoms with Crippen LogP contribution in [-0.2, 0) is 26.2 Å². The van der Waals surface area contributed by atoms with Gasteiger partial charge in [0, 0.05) is 0 Å². The number of fused-ring (bicyclic) bond motifs is 1.